The summed E-state index contributed by atoms with van der Waals surface area (Å²) >= 11 is 3.24. The number of hydrogen-bond acceptors (Lipinski definition) is 3. The van der Waals surface area contributed by atoms with Crippen molar-refractivity contribution in [2.24, 2.45) is 0 Å². The number of rotatable bonds is 0. The average molecular weight is 377 g/mol. The minimum absolute atomic E-state index is 0.0229. The van der Waals surface area contributed by atoms with Crippen molar-refractivity contribution in [3.8, 4) is 5.75 Å². The van der Waals surface area contributed by atoms with Crippen molar-refractivity contribution in [2.75, 3.05) is 0 Å². The summed E-state index contributed by atoms with van der Waals surface area (Å²) in [4.78, 5) is 12.3. The maximum Gasteiger partial charge on any atom is 0.460 e. The smallest absolute Gasteiger partial charge is 0.449 e. The maximum absolute atomic E-state index is 13.7. The normalized spacial score (nSPS) is 26.6. The number of benzene rings is 1. The van der Waals surface area contributed by atoms with Crippen molar-refractivity contribution in [1.29, 1.82) is 0 Å². The zero-order valence-corrected chi connectivity index (χ0v) is 13.3. The zero-order valence-electron chi connectivity index (χ0n) is 11.8. The summed E-state index contributed by atoms with van der Waals surface area (Å²) in [5.41, 5.74) is -1.37. The first kappa shape index (κ1) is 15.6. The van der Waals surface area contributed by atoms with Gasteiger partial charge in [-0.2, -0.15) is 13.2 Å². The van der Waals surface area contributed by atoms with Crippen molar-refractivity contribution >= 4 is 27.8 Å². The van der Waals surface area contributed by atoms with Gasteiger partial charge in [0.05, 0.1) is 11.2 Å². The van der Waals surface area contributed by atoms with Crippen LogP contribution in [-0.2, 0) is 9.53 Å². The fourth-order valence-electron chi connectivity index (χ4n) is 2.70. The molecule has 2 aliphatic heterocycles. The highest BCUT2D eigenvalue weighted by molar-refractivity contribution is 9.10. The van der Waals surface area contributed by atoms with Crippen LogP contribution in [0.5, 0.6) is 5.75 Å². The van der Waals surface area contributed by atoms with Crippen LogP contribution in [0.25, 0.3) is 6.08 Å². The van der Waals surface area contributed by atoms with Gasteiger partial charge >= 0.3 is 12.0 Å². The number of halogens is 4. The molecular formula is C15H12BrF3O3. The molecule has 0 radical (unpaired) electrons. The van der Waals surface area contributed by atoms with E-state index in [1.165, 1.54) is 26.0 Å². The van der Waals surface area contributed by atoms with E-state index < -0.39 is 28.9 Å². The molecule has 1 aromatic rings. The van der Waals surface area contributed by atoms with Crippen LogP contribution in [0.3, 0.4) is 0 Å². The van der Waals surface area contributed by atoms with Crippen LogP contribution in [0, 0.1) is 0 Å². The van der Waals surface area contributed by atoms with Gasteiger partial charge in [0.15, 0.2) is 5.78 Å². The SMILES string of the molecule is CC1(C)CC(=O)C2=Cc3cc(Br)ccc3OC2(C(F)(F)F)O1. The van der Waals surface area contributed by atoms with Crippen molar-refractivity contribution in [3.63, 3.8) is 0 Å². The molecular weight excluding hydrogens is 365 g/mol. The Morgan fingerprint density at radius 1 is 1.27 bits per heavy atom. The van der Waals surface area contributed by atoms with Gasteiger partial charge in [0.25, 0.3) is 0 Å². The molecule has 1 unspecified atom stereocenters. The summed E-state index contributed by atoms with van der Waals surface area (Å²) in [6.45, 7) is 2.88. The Morgan fingerprint density at radius 2 is 1.95 bits per heavy atom. The number of ketones is 1. The summed E-state index contributed by atoms with van der Waals surface area (Å²) in [7, 11) is 0. The highest BCUT2D eigenvalue weighted by atomic mass is 79.9. The van der Waals surface area contributed by atoms with E-state index in [9.17, 15) is 18.0 Å². The van der Waals surface area contributed by atoms with Crippen LogP contribution in [0.2, 0.25) is 0 Å². The van der Waals surface area contributed by atoms with E-state index in [2.05, 4.69) is 15.9 Å². The Hall–Kier alpha value is -1.34. The number of Topliss-reactive ketones (excluding diaryl/α,β-unsaturated/α-hetero) is 1. The first-order chi connectivity index (χ1) is 10.0. The first-order valence-corrected chi connectivity index (χ1v) is 7.34. The fraction of sp³-hybridized carbons (Fsp3) is 0.400. The third-order valence-corrected chi connectivity index (χ3v) is 4.05. The van der Waals surface area contributed by atoms with Gasteiger partial charge in [-0.15, -0.1) is 0 Å². The summed E-state index contributed by atoms with van der Waals surface area (Å²) in [5, 5.41) is 0. The molecule has 2 aliphatic rings. The van der Waals surface area contributed by atoms with Crippen LogP contribution in [0.4, 0.5) is 13.2 Å². The Morgan fingerprint density at radius 3 is 2.59 bits per heavy atom. The molecule has 2 heterocycles. The molecule has 7 heteroatoms. The van der Waals surface area contributed by atoms with E-state index in [0.717, 1.165) is 0 Å². The van der Waals surface area contributed by atoms with Crippen molar-refractivity contribution < 1.29 is 27.4 Å². The molecule has 0 aromatic heterocycles. The molecule has 1 atom stereocenters. The molecule has 0 saturated carbocycles. The molecule has 0 amide bonds. The second-order valence-electron chi connectivity index (χ2n) is 5.92. The Kier molecular flexibility index (Phi) is 3.24. The predicted molar refractivity (Wildman–Crippen MR) is 76.3 cm³/mol. The summed E-state index contributed by atoms with van der Waals surface area (Å²) in [6, 6.07) is 4.57. The van der Waals surface area contributed by atoms with Gasteiger partial charge in [0.1, 0.15) is 5.75 Å². The quantitative estimate of drug-likeness (QED) is 0.678. The van der Waals surface area contributed by atoms with E-state index >= 15 is 0 Å². The summed E-state index contributed by atoms with van der Waals surface area (Å²) < 4.78 is 52.2. The lowest BCUT2D eigenvalue weighted by Gasteiger charge is -2.47. The molecule has 118 valence electrons. The molecule has 3 rings (SSSR count). The number of carbonyl (C=O) groups excluding carboxylic acids is 1. The van der Waals surface area contributed by atoms with Crippen molar-refractivity contribution in [1.82, 2.24) is 0 Å². The lowest BCUT2D eigenvalue weighted by Crippen LogP contribution is -2.63. The lowest BCUT2D eigenvalue weighted by molar-refractivity contribution is -0.363. The molecule has 0 spiro atoms. The molecule has 0 N–H and O–H groups in total. The zero-order chi connectivity index (χ0) is 16.3. The van der Waals surface area contributed by atoms with Crippen LogP contribution < -0.4 is 4.74 Å². The minimum Gasteiger partial charge on any atom is -0.449 e. The van der Waals surface area contributed by atoms with Gasteiger partial charge in [-0.25, -0.2) is 0 Å². The number of carbonyl (C=O) groups is 1. The van der Waals surface area contributed by atoms with Gasteiger partial charge in [-0.1, -0.05) is 15.9 Å². The Balaban J connectivity index is 2.23. The van der Waals surface area contributed by atoms with Gasteiger partial charge in [-0.3, -0.25) is 4.79 Å². The third-order valence-electron chi connectivity index (χ3n) is 3.56. The molecule has 3 nitrogen and oxygen atoms in total. The van der Waals surface area contributed by atoms with Gasteiger partial charge in [0.2, 0.25) is 0 Å². The highest BCUT2D eigenvalue weighted by Crippen LogP contribution is 2.51. The van der Waals surface area contributed by atoms with E-state index in [4.69, 9.17) is 9.47 Å². The largest absolute Gasteiger partial charge is 0.460 e. The summed E-state index contributed by atoms with van der Waals surface area (Å²) in [6.07, 6.45) is -3.81. The molecule has 0 bridgehead atoms. The van der Waals surface area contributed by atoms with Crippen molar-refractivity contribution in [3.05, 3.63) is 33.8 Å². The van der Waals surface area contributed by atoms with Crippen LogP contribution in [0.1, 0.15) is 25.8 Å². The standard InChI is InChI=1S/C15H12BrF3O3/c1-13(2)7-11(20)10-6-8-5-9(16)3-4-12(8)21-14(10,22-13)15(17,18)19/h3-6H,7H2,1-2H3. The third kappa shape index (κ3) is 2.27. The predicted octanol–water partition coefficient (Wildman–Crippen LogP) is 4.25. The van der Waals surface area contributed by atoms with E-state index in [1.807, 2.05) is 0 Å². The van der Waals surface area contributed by atoms with Crippen LogP contribution >= 0.6 is 15.9 Å². The van der Waals surface area contributed by atoms with Gasteiger partial charge < -0.3 is 9.47 Å². The van der Waals surface area contributed by atoms with E-state index in [-0.39, 0.29) is 12.2 Å². The number of hydrogen-bond donors (Lipinski definition) is 0. The molecule has 22 heavy (non-hydrogen) atoms. The van der Waals surface area contributed by atoms with Crippen molar-refractivity contribution in [2.45, 2.75) is 37.8 Å². The fourth-order valence-corrected chi connectivity index (χ4v) is 3.08. The highest BCUT2D eigenvalue weighted by Gasteiger charge is 2.68. The minimum atomic E-state index is -4.88. The van der Waals surface area contributed by atoms with E-state index in [1.54, 1.807) is 12.1 Å². The maximum atomic E-state index is 13.7. The van der Waals surface area contributed by atoms with Gasteiger partial charge in [0, 0.05) is 16.5 Å². The monoisotopic (exact) mass is 376 g/mol. The van der Waals surface area contributed by atoms with Gasteiger partial charge in [-0.05, 0) is 38.1 Å². The number of alkyl halides is 3. The Bertz CT molecular complexity index is 694. The number of fused-ring (bicyclic) bond motifs is 2. The van der Waals surface area contributed by atoms with Crippen LogP contribution in [0.15, 0.2) is 28.2 Å². The molecule has 0 aliphatic carbocycles. The second kappa shape index (κ2) is 4.58. The molecule has 1 fully saturated rings. The second-order valence-corrected chi connectivity index (χ2v) is 6.83. The topological polar surface area (TPSA) is 35.5 Å². The Labute approximate surface area is 133 Å². The molecule has 1 aromatic carbocycles. The average Bonchev–Trinajstić information content (AvgIpc) is 2.34. The first-order valence-electron chi connectivity index (χ1n) is 6.55. The lowest BCUT2D eigenvalue weighted by atomic mass is 9.85. The van der Waals surface area contributed by atoms with Crippen LogP contribution in [-0.4, -0.2) is 23.3 Å². The van der Waals surface area contributed by atoms with E-state index in [0.29, 0.717) is 10.0 Å². The molecule has 1 saturated heterocycles. The summed E-state index contributed by atoms with van der Waals surface area (Å²) in [5.74, 6) is -3.65. The number of ether oxygens (including phenoxy) is 2.